The fraction of sp³-hybridized carbons (Fsp3) is 0.471. The number of aromatic nitrogens is 2. The van der Waals surface area contributed by atoms with Gasteiger partial charge < -0.3 is 14.8 Å². The lowest BCUT2D eigenvalue weighted by atomic mass is 10.1. The van der Waals surface area contributed by atoms with Crippen LogP contribution in [0.4, 0.5) is 5.69 Å². The average molecular weight is 284 g/mol. The summed E-state index contributed by atoms with van der Waals surface area (Å²) in [5.74, 6) is 0. The van der Waals surface area contributed by atoms with E-state index in [2.05, 4.69) is 45.0 Å². The second-order valence-electron chi connectivity index (χ2n) is 5.82. The quantitative estimate of drug-likeness (QED) is 0.793. The maximum absolute atomic E-state index is 4.05. The molecule has 0 bridgehead atoms. The number of rotatable bonds is 7. The van der Waals surface area contributed by atoms with Gasteiger partial charge in [-0.3, -0.25) is 0 Å². The molecule has 0 spiro atoms. The number of nitrogens with zero attached hydrogens (tertiary/aromatic N) is 3. The average Bonchev–Trinajstić information content (AvgIpc) is 3.13. The normalized spacial score (nSPS) is 13.7. The largest absolute Gasteiger partial charge is 0.374 e. The molecular weight excluding hydrogens is 260 g/mol. The molecule has 2 heterocycles. The molecule has 0 radical (unpaired) electrons. The summed E-state index contributed by atoms with van der Waals surface area (Å²) < 4.78 is 2.14. The van der Waals surface area contributed by atoms with Crippen molar-refractivity contribution in [2.45, 2.75) is 32.4 Å². The first-order valence-corrected chi connectivity index (χ1v) is 7.82. The number of hydrogen-bond acceptors (Lipinski definition) is 3. The van der Waals surface area contributed by atoms with E-state index in [4.69, 9.17) is 0 Å². The summed E-state index contributed by atoms with van der Waals surface area (Å²) in [6, 6.07) is 6.87. The summed E-state index contributed by atoms with van der Waals surface area (Å²) in [4.78, 5) is 6.39. The number of hydrogen-bond donors (Lipinski definition) is 1. The SMILES string of the molecule is CN1CCc2cc(CNCCCCn3ccnc3)ccc21. The van der Waals surface area contributed by atoms with Crippen LogP contribution in [0.25, 0.3) is 0 Å². The highest BCUT2D eigenvalue weighted by molar-refractivity contribution is 5.58. The van der Waals surface area contributed by atoms with Crippen LogP contribution in [0.15, 0.2) is 36.9 Å². The molecule has 0 aliphatic carbocycles. The van der Waals surface area contributed by atoms with Crippen LogP contribution in [-0.2, 0) is 19.5 Å². The molecule has 2 aromatic rings. The summed E-state index contributed by atoms with van der Waals surface area (Å²) in [6.45, 7) is 4.26. The van der Waals surface area contributed by atoms with E-state index in [9.17, 15) is 0 Å². The van der Waals surface area contributed by atoms with Crippen LogP contribution in [0.3, 0.4) is 0 Å². The highest BCUT2D eigenvalue weighted by atomic mass is 15.1. The van der Waals surface area contributed by atoms with E-state index in [-0.39, 0.29) is 0 Å². The molecule has 1 N–H and O–H groups in total. The molecular formula is C17H24N4. The number of nitrogens with one attached hydrogen (secondary N) is 1. The highest BCUT2D eigenvalue weighted by Crippen LogP contribution is 2.27. The van der Waals surface area contributed by atoms with Crippen LogP contribution in [0.2, 0.25) is 0 Å². The van der Waals surface area contributed by atoms with Crippen molar-refractivity contribution in [3.63, 3.8) is 0 Å². The number of imidazole rings is 1. The zero-order valence-corrected chi connectivity index (χ0v) is 12.8. The molecule has 0 amide bonds. The molecule has 1 aliphatic heterocycles. The Morgan fingerprint density at radius 1 is 1.29 bits per heavy atom. The van der Waals surface area contributed by atoms with E-state index in [1.165, 1.54) is 36.1 Å². The predicted molar refractivity (Wildman–Crippen MR) is 86.6 cm³/mol. The van der Waals surface area contributed by atoms with E-state index in [0.29, 0.717) is 0 Å². The molecule has 0 unspecified atom stereocenters. The minimum atomic E-state index is 0.974. The molecule has 1 aliphatic rings. The van der Waals surface area contributed by atoms with Gasteiger partial charge in [-0.25, -0.2) is 4.98 Å². The third-order valence-corrected chi connectivity index (χ3v) is 4.18. The molecule has 1 aromatic carbocycles. The third kappa shape index (κ3) is 3.64. The molecule has 0 fully saturated rings. The molecule has 112 valence electrons. The highest BCUT2D eigenvalue weighted by Gasteiger charge is 2.15. The number of fused-ring (bicyclic) bond motifs is 1. The van der Waals surface area contributed by atoms with E-state index >= 15 is 0 Å². The van der Waals surface area contributed by atoms with Gasteiger partial charge in [0.1, 0.15) is 0 Å². The van der Waals surface area contributed by atoms with Gasteiger partial charge in [0.25, 0.3) is 0 Å². The van der Waals surface area contributed by atoms with Crippen molar-refractivity contribution in [1.82, 2.24) is 14.9 Å². The lowest BCUT2D eigenvalue weighted by Crippen LogP contribution is -2.15. The Balaban J connectivity index is 1.36. The minimum absolute atomic E-state index is 0.974. The van der Waals surface area contributed by atoms with Crippen LogP contribution in [0, 0.1) is 0 Å². The molecule has 1 aromatic heterocycles. The van der Waals surface area contributed by atoms with Crippen molar-refractivity contribution in [3.8, 4) is 0 Å². The van der Waals surface area contributed by atoms with Crippen LogP contribution in [-0.4, -0.2) is 29.7 Å². The van der Waals surface area contributed by atoms with Gasteiger partial charge in [-0.05, 0) is 43.0 Å². The summed E-state index contributed by atoms with van der Waals surface area (Å²) in [7, 11) is 2.17. The summed E-state index contributed by atoms with van der Waals surface area (Å²) >= 11 is 0. The van der Waals surface area contributed by atoms with Gasteiger partial charge in [0.15, 0.2) is 0 Å². The topological polar surface area (TPSA) is 33.1 Å². The maximum Gasteiger partial charge on any atom is 0.0945 e. The molecule has 0 saturated carbocycles. The number of unbranched alkanes of at least 4 members (excludes halogenated alkanes) is 1. The van der Waals surface area contributed by atoms with Gasteiger partial charge in [-0.1, -0.05) is 12.1 Å². The summed E-state index contributed by atoms with van der Waals surface area (Å²) in [5, 5.41) is 3.55. The molecule has 21 heavy (non-hydrogen) atoms. The maximum atomic E-state index is 4.05. The van der Waals surface area contributed by atoms with Crippen LogP contribution < -0.4 is 10.2 Å². The smallest absolute Gasteiger partial charge is 0.0945 e. The number of benzene rings is 1. The second kappa shape index (κ2) is 6.76. The van der Waals surface area contributed by atoms with E-state index in [0.717, 1.165) is 26.2 Å². The first kappa shape index (κ1) is 14.1. The minimum Gasteiger partial charge on any atom is -0.374 e. The van der Waals surface area contributed by atoms with Gasteiger partial charge in [-0.2, -0.15) is 0 Å². The second-order valence-corrected chi connectivity index (χ2v) is 5.82. The predicted octanol–water partition coefficient (Wildman–Crippen LogP) is 2.45. The van der Waals surface area contributed by atoms with Crippen LogP contribution >= 0.6 is 0 Å². The Morgan fingerprint density at radius 3 is 3.10 bits per heavy atom. The van der Waals surface area contributed by atoms with Crippen LogP contribution in [0.1, 0.15) is 24.0 Å². The lowest BCUT2D eigenvalue weighted by molar-refractivity contribution is 0.568. The zero-order chi connectivity index (χ0) is 14.5. The molecule has 4 heteroatoms. The van der Waals surface area contributed by atoms with Crippen molar-refractivity contribution < 1.29 is 0 Å². The van der Waals surface area contributed by atoms with Gasteiger partial charge in [0.05, 0.1) is 6.33 Å². The van der Waals surface area contributed by atoms with E-state index in [1.54, 1.807) is 0 Å². The molecule has 0 saturated heterocycles. The third-order valence-electron chi connectivity index (χ3n) is 4.18. The van der Waals surface area contributed by atoms with Gasteiger partial charge >= 0.3 is 0 Å². The van der Waals surface area contributed by atoms with Gasteiger partial charge in [0.2, 0.25) is 0 Å². The Morgan fingerprint density at radius 2 is 2.24 bits per heavy atom. The van der Waals surface area contributed by atoms with Crippen LogP contribution in [0.5, 0.6) is 0 Å². The Kier molecular flexibility index (Phi) is 4.55. The number of likely N-dealkylation sites (N-methyl/N-ethyl adjacent to an activating group) is 1. The lowest BCUT2D eigenvalue weighted by Gasteiger charge is -2.12. The fourth-order valence-electron chi connectivity index (χ4n) is 2.93. The first-order valence-electron chi connectivity index (χ1n) is 7.82. The molecule has 4 nitrogen and oxygen atoms in total. The van der Waals surface area contributed by atoms with Gasteiger partial charge in [0, 0.05) is 44.8 Å². The zero-order valence-electron chi connectivity index (χ0n) is 12.8. The van der Waals surface area contributed by atoms with Gasteiger partial charge in [-0.15, -0.1) is 0 Å². The van der Waals surface area contributed by atoms with Crippen molar-refractivity contribution in [2.75, 3.05) is 25.0 Å². The van der Waals surface area contributed by atoms with Crippen molar-refractivity contribution in [2.24, 2.45) is 0 Å². The first-order chi connectivity index (χ1) is 10.3. The van der Waals surface area contributed by atoms with Crippen molar-refractivity contribution in [1.29, 1.82) is 0 Å². The summed E-state index contributed by atoms with van der Waals surface area (Å²) in [6.07, 6.45) is 9.32. The fourth-order valence-corrected chi connectivity index (χ4v) is 2.93. The molecule has 0 atom stereocenters. The summed E-state index contributed by atoms with van der Waals surface area (Å²) in [5.41, 5.74) is 4.30. The van der Waals surface area contributed by atoms with Crippen molar-refractivity contribution >= 4 is 5.69 Å². The Labute approximate surface area is 126 Å². The van der Waals surface area contributed by atoms with E-state index < -0.39 is 0 Å². The monoisotopic (exact) mass is 284 g/mol. The Bertz CT molecular complexity index is 562. The van der Waals surface area contributed by atoms with Crippen molar-refractivity contribution in [3.05, 3.63) is 48.0 Å². The molecule has 3 rings (SSSR count). The Hall–Kier alpha value is -1.81. The number of anilines is 1. The number of aryl methyl sites for hydroxylation is 1. The van der Waals surface area contributed by atoms with E-state index in [1.807, 2.05) is 18.7 Å². The standard InChI is InChI=1S/C17H24N4/c1-20-10-6-16-12-15(4-5-17(16)20)13-18-7-2-3-9-21-11-8-19-14-21/h4-5,8,11-12,14,18H,2-3,6-7,9-10,13H2,1H3.